The van der Waals surface area contributed by atoms with E-state index in [1.54, 1.807) is 32.0 Å². The number of methoxy groups -OCH3 is 2. The van der Waals surface area contributed by atoms with E-state index in [0.717, 1.165) is 16.2 Å². The van der Waals surface area contributed by atoms with E-state index in [0.29, 0.717) is 30.2 Å². The summed E-state index contributed by atoms with van der Waals surface area (Å²) in [6.45, 7) is 0.650. The molecule has 7 nitrogen and oxygen atoms in total. The van der Waals surface area contributed by atoms with E-state index in [-0.39, 0.29) is 18.2 Å². The van der Waals surface area contributed by atoms with Gasteiger partial charge >= 0.3 is 0 Å². The number of nitrogens with zero attached hydrogens (tertiary/aromatic N) is 1. The third-order valence-electron chi connectivity index (χ3n) is 4.38. The number of ether oxygens (including phenoxy) is 3. The average Bonchev–Trinajstić information content (AvgIpc) is 3.27. The van der Waals surface area contributed by atoms with Gasteiger partial charge in [0.2, 0.25) is 0 Å². The van der Waals surface area contributed by atoms with Gasteiger partial charge in [0.05, 0.1) is 14.2 Å². The molecule has 3 rings (SSSR count). The average molecular weight is 429 g/mol. The second-order valence-electron chi connectivity index (χ2n) is 6.31. The van der Waals surface area contributed by atoms with Crippen LogP contribution in [0, 0.1) is 0 Å². The Bertz CT molecular complexity index is 989. The molecule has 0 unspecified atom stereocenters. The first-order valence-corrected chi connectivity index (χ1v) is 10.6. The lowest BCUT2D eigenvalue weighted by Crippen LogP contribution is -2.25. The molecule has 0 saturated heterocycles. The van der Waals surface area contributed by atoms with Crippen LogP contribution in [0.4, 0.5) is 0 Å². The first-order chi connectivity index (χ1) is 14.6. The summed E-state index contributed by atoms with van der Waals surface area (Å²) in [6.07, 6.45) is 2.63. The van der Waals surface area contributed by atoms with Crippen LogP contribution in [0.25, 0.3) is 0 Å². The SMILES string of the molecule is COc1ccc(CCNC(=O)c2cc(COc3ccccc3SC)on2)cc1OC. The lowest BCUT2D eigenvalue weighted by Gasteiger charge is -2.09. The minimum atomic E-state index is -0.296. The van der Waals surface area contributed by atoms with E-state index in [2.05, 4.69) is 10.5 Å². The largest absolute Gasteiger partial charge is 0.493 e. The molecule has 1 amide bonds. The predicted molar refractivity (Wildman–Crippen MR) is 115 cm³/mol. The Morgan fingerprint density at radius 1 is 1.07 bits per heavy atom. The number of hydrogen-bond acceptors (Lipinski definition) is 7. The van der Waals surface area contributed by atoms with Crippen molar-refractivity contribution in [3.63, 3.8) is 0 Å². The van der Waals surface area contributed by atoms with E-state index in [1.165, 1.54) is 0 Å². The van der Waals surface area contributed by atoms with Crippen molar-refractivity contribution in [1.82, 2.24) is 10.5 Å². The normalized spacial score (nSPS) is 10.5. The fourth-order valence-electron chi connectivity index (χ4n) is 2.82. The standard InChI is InChI=1S/C22H24N2O5S/c1-26-18-9-8-15(12-20(18)27-2)10-11-23-22(25)17-13-16(29-24-17)14-28-19-6-4-5-7-21(19)30-3/h4-9,12-13H,10-11,14H2,1-3H3,(H,23,25). The van der Waals surface area contributed by atoms with Gasteiger partial charge in [-0.2, -0.15) is 0 Å². The molecule has 0 aliphatic carbocycles. The smallest absolute Gasteiger partial charge is 0.273 e. The van der Waals surface area contributed by atoms with E-state index < -0.39 is 0 Å². The van der Waals surface area contributed by atoms with Gasteiger partial charge in [0, 0.05) is 17.5 Å². The fourth-order valence-corrected chi connectivity index (χ4v) is 3.36. The van der Waals surface area contributed by atoms with Gasteiger partial charge in [0.25, 0.3) is 5.91 Å². The maximum atomic E-state index is 12.3. The number of nitrogens with one attached hydrogen (secondary N) is 1. The number of thioether (sulfide) groups is 1. The quantitative estimate of drug-likeness (QED) is 0.489. The molecule has 2 aromatic carbocycles. The molecule has 30 heavy (non-hydrogen) atoms. The van der Waals surface area contributed by atoms with Crippen molar-refractivity contribution in [3.8, 4) is 17.2 Å². The molecule has 0 aliphatic rings. The lowest BCUT2D eigenvalue weighted by molar-refractivity contribution is 0.0944. The molecule has 1 N–H and O–H groups in total. The van der Waals surface area contributed by atoms with Crippen molar-refractivity contribution in [1.29, 1.82) is 0 Å². The van der Waals surface area contributed by atoms with Crippen LogP contribution in [0.5, 0.6) is 17.2 Å². The first kappa shape index (κ1) is 21.6. The summed E-state index contributed by atoms with van der Waals surface area (Å²) < 4.78 is 21.5. The third kappa shape index (κ3) is 5.48. The van der Waals surface area contributed by atoms with Crippen molar-refractivity contribution < 1.29 is 23.5 Å². The zero-order valence-corrected chi connectivity index (χ0v) is 18.0. The minimum Gasteiger partial charge on any atom is -0.493 e. The van der Waals surface area contributed by atoms with E-state index in [9.17, 15) is 4.79 Å². The molecule has 3 aromatic rings. The van der Waals surface area contributed by atoms with E-state index in [4.69, 9.17) is 18.7 Å². The van der Waals surface area contributed by atoms with Gasteiger partial charge < -0.3 is 24.1 Å². The molecule has 1 heterocycles. The zero-order chi connectivity index (χ0) is 21.3. The van der Waals surface area contributed by atoms with Crippen LogP contribution in [0.2, 0.25) is 0 Å². The van der Waals surface area contributed by atoms with Crippen molar-refractivity contribution in [2.24, 2.45) is 0 Å². The molecular weight excluding hydrogens is 404 g/mol. The van der Waals surface area contributed by atoms with Gasteiger partial charge in [0.15, 0.2) is 23.0 Å². The molecular formula is C22H24N2O5S. The predicted octanol–water partition coefficient (Wildman–Crippen LogP) is 3.97. The molecule has 1 aromatic heterocycles. The monoisotopic (exact) mass is 428 g/mol. The number of amides is 1. The van der Waals surface area contributed by atoms with Gasteiger partial charge in [-0.25, -0.2) is 0 Å². The Morgan fingerprint density at radius 2 is 1.87 bits per heavy atom. The highest BCUT2D eigenvalue weighted by Crippen LogP contribution is 2.28. The number of carbonyl (C=O) groups is 1. The van der Waals surface area contributed by atoms with Crippen LogP contribution in [0.1, 0.15) is 21.8 Å². The van der Waals surface area contributed by atoms with Gasteiger partial charge in [0.1, 0.15) is 12.4 Å². The number of carbonyl (C=O) groups excluding carboxylic acids is 1. The highest BCUT2D eigenvalue weighted by molar-refractivity contribution is 7.98. The molecule has 0 atom stereocenters. The number of hydrogen-bond donors (Lipinski definition) is 1. The molecule has 0 radical (unpaired) electrons. The molecule has 0 fully saturated rings. The Hall–Kier alpha value is -3.13. The van der Waals surface area contributed by atoms with Crippen LogP contribution in [0.3, 0.4) is 0 Å². The van der Waals surface area contributed by atoms with Crippen LogP contribution >= 0.6 is 11.8 Å². The topological polar surface area (TPSA) is 82.8 Å². The molecule has 158 valence electrons. The second-order valence-corrected chi connectivity index (χ2v) is 7.16. The van der Waals surface area contributed by atoms with Crippen molar-refractivity contribution in [3.05, 3.63) is 65.5 Å². The second kappa shape index (κ2) is 10.6. The van der Waals surface area contributed by atoms with E-state index >= 15 is 0 Å². The Balaban J connectivity index is 1.50. The summed E-state index contributed by atoms with van der Waals surface area (Å²) in [5, 5.41) is 6.68. The summed E-state index contributed by atoms with van der Waals surface area (Å²) in [5.74, 6) is 2.28. The molecule has 0 bridgehead atoms. The molecule has 8 heteroatoms. The number of rotatable bonds is 10. The molecule has 0 spiro atoms. The lowest BCUT2D eigenvalue weighted by atomic mass is 10.1. The Morgan fingerprint density at radius 3 is 2.63 bits per heavy atom. The van der Waals surface area contributed by atoms with Crippen molar-refractivity contribution in [2.45, 2.75) is 17.9 Å². The summed E-state index contributed by atoms with van der Waals surface area (Å²) >= 11 is 1.60. The number of aromatic nitrogens is 1. The minimum absolute atomic E-state index is 0.198. The van der Waals surface area contributed by atoms with Crippen molar-refractivity contribution >= 4 is 17.7 Å². The van der Waals surface area contributed by atoms with Crippen LogP contribution in [-0.2, 0) is 13.0 Å². The van der Waals surface area contributed by atoms with Crippen LogP contribution < -0.4 is 19.5 Å². The third-order valence-corrected chi connectivity index (χ3v) is 5.15. The Labute approximate surface area is 179 Å². The van der Waals surface area contributed by atoms with Gasteiger partial charge in [-0.1, -0.05) is 23.4 Å². The fraction of sp³-hybridized carbons (Fsp3) is 0.273. The van der Waals surface area contributed by atoms with Crippen LogP contribution in [0.15, 0.2) is 57.9 Å². The summed E-state index contributed by atoms with van der Waals surface area (Å²) in [7, 11) is 3.19. The van der Waals surface area contributed by atoms with Gasteiger partial charge in [-0.05, 0) is 42.5 Å². The zero-order valence-electron chi connectivity index (χ0n) is 17.1. The highest BCUT2D eigenvalue weighted by atomic mass is 32.2. The van der Waals surface area contributed by atoms with Crippen LogP contribution in [-0.4, -0.2) is 38.1 Å². The maximum absolute atomic E-state index is 12.3. The summed E-state index contributed by atoms with van der Waals surface area (Å²) in [6, 6.07) is 15.0. The summed E-state index contributed by atoms with van der Waals surface area (Å²) in [4.78, 5) is 13.4. The highest BCUT2D eigenvalue weighted by Gasteiger charge is 2.13. The molecule has 0 saturated carbocycles. The first-order valence-electron chi connectivity index (χ1n) is 9.35. The van der Waals surface area contributed by atoms with Gasteiger partial charge in [-0.15, -0.1) is 11.8 Å². The number of para-hydroxylation sites is 1. The van der Waals surface area contributed by atoms with Gasteiger partial charge in [-0.3, -0.25) is 4.79 Å². The molecule has 0 aliphatic heterocycles. The Kier molecular flexibility index (Phi) is 7.62. The van der Waals surface area contributed by atoms with Crippen molar-refractivity contribution in [2.75, 3.05) is 27.0 Å². The maximum Gasteiger partial charge on any atom is 0.273 e. The summed E-state index contributed by atoms with van der Waals surface area (Å²) in [5.41, 5.74) is 1.24. The number of benzene rings is 2. The van der Waals surface area contributed by atoms with E-state index in [1.807, 2.05) is 48.7 Å².